The van der Waals surface area contributed by atoms with E-state index in [4.69, 9.17) is 9.84 Å². The molecule has 0 saturated carbocycles. The smallest absolute Gasteiger partial charge is 0.324 e. The highest BCUT2D eigenvalue weighted by molar-refractivity contribution is 7.89. The molecule has 47 heavy (non-hydrogen) atoms. The van der Waals surface area contributed by atoms with E-state index >= 15 is 0 Å². The van der Waals surface area contributed by atoms with Crippen molar-refractivity contribution in [3.05, 3.63) is 95.2 Å². The van der Waals surface area contributed by atoms with Gasteiger partial charge in [0.2, 0.25) is 10.0 Å². The van der Waals surface area contributed by atoms with Gasteiger partial charge in [-0.15, -0.1) is 0 Å². The fraction of sp³-hybridized carbons (Fsp3) is 0.405. The molecular weight excluding hydrogens is 611 g/mol. The highest BCUT2D eigenvalue weighted by Gasteiger charge is 2.47. The van der Waals surface area contributed by atoms with E-state index in [9.17, 15) is 13.2 Å². The third-order valence-electron chi connectivity index (χ3n) is 9.71. The number of rotatable bonds is 7. The second-order valence-corrected chi connectivity index (χ2v) is 16.2. The van der Waals surface area contributed by atoms with Crippen molar-refractivity contribution in [1.82, 2.24) is 14.1 Å². The maximum absolute atomic E-state index is 13.8. The summed E-state index contributed by atoms with van der Waals surface area (Å²) in [7, 11) is -3.57. The van der Waals surface area contributed by atoms with Crippen molar-refractivity contribution >= 4 is 27.6 Å². The molecule has 0 spiro atoms. The molecule has 3 aromatic carbocycles. The number of urea groups is 1. The van der Waals surface area contributed by atoms with Gasteiger partial charge in [-0.2, -0.15) is 9.40 Å². The molecule has 9 nitrogen and oxygen atoms in total. The average Bonchev–Trinajstić information content (AvgIpc) is 3.74. The topological polar surface area (TPSA) is 106 Å². The van der Waals surface area contributed by atoms with Crippen LogP contribution in [0, 0.1) is 12.8 Å². The van der Waals surface area contributed by atoms with Gasteiger partial charge >= 0.3 is 6.03 Å². The highest BCUT2D eigenvalue weighted by Crippen LogP contribution is 2.43. The van der Waals surface area contributed by atoms with Gasteiger partial charge in [-0.1, -0.05) is 50.6 Å². The molecule has 246 valence electrons. The number of anilines is 2. The molecule has 10 heteroatoms. The summed E-state index contributed by atoms with van der Waals surface area (Å²) in [6.07, 6.45) is 5.05. The zero-order valence-corrected chi connectivity index (χ0v) is 28.3. The molecule has 2 saturated heterocycles. The summed E-state index contributed by atoms with van der Waals surface area (Å²) in [6, 6.07) is 22.9. The fourth-order valence-electron chi connectivity index (χ4n) is 7.36. The summed E-state index contributed by atoms with van der Waals surface area (Å²) in [5.74, 6) is 1.76. The number of hydrogen-bond acceptors (Lipinski definition) is 5. The summed E-state index contributed by atoms with van der Waals surface area (Å²) >= 11 is 0. The second-order valence-electron chi connectivity index (χ2n) is 14.3. The van der Waals surface area contributed by atoms with E-state index in [0.717, 1.165) is 72.3 Å². The largest absolute Gasteiger partial charge is 0.493 e. The zero-order valence-electron chi connectivity index (χ0n) is 27.5. The molecule has 1 aromatic heterocycles. The normalized spacial score (nSPS) is 20.9. The van der Waals surface area contributed by atoms with Crippen molar-refractivity contribution in [2.24, 2.45) is 5.92 Å². The number of benzene rings is 3. The Labute approximate surface area is 277 Å². The maximum Gasteiger partial charge on any atom is 0.324 e. The van der Waals surface area contributed by atoms with Crippen LogP contribution in [0.2, 0.25) is 0 Å². The minimum absolute atomic E-state index is 0.0108. The summed E-state index contributed by atoms with van der Waals surface area (Å²) in [6.45, 7) is 8.94. The van der Waals surface area contributed by atoms with E-state index in [-0.39, 0.29) is 23.5 Å². The lowest BCUT2D eigenvalue weighted by atomic mass is 9.87. The Morgan fingerprint density at radius 2 is 1.70 bits per heavy atom. The van der Waals surface area contributed by atoms with Crippen LogP contribution in [0.5, 0.6) is 5.75 Å². The van der Waals surface area contributed by atoms with Gasteiger partial charge in [-0.3, -0.25) is 5.32 Å². The Hall–Kier alpha value is -4.15. The molecule has 4 aromatic rings. The van der Waals surface area contributed by atoms with Crippen LogP contribution < -0.4 is 15.4 Å². The van der Waals surface area contributed by atoms with Gasteiger partial charge in [-0.25, -0.2) is 17.9 Å². The van der Waals surface area contributed by atoms with Crippen molar-refractivity contribution in [2.45, 2.75) is 88.6 Å². The van der Waals surface area contributed by atoms with E-state index in [2.05, 4.69) is 37.5 Å². The van der Waals surface area contributed by atoms with Crippen LogP contribution >= 0.6 is 0 Å². The minimum atomic E-state index is -3.57. The van der Waals surface area contributed by atoms with E-state index in [1.54, 1.807) is 27.2 Å². The lowest BCUT2D eigenvalue weighted by Gasteiger charge is -2.38. The Morgan fingerprint density at radius 1 is 0.957 bits per heavy atom. The van der Waals surface area contributed by atoms with Crippen LogP contribution in [-0.4, -0.2) is 47.2 Å². The van der Waals surface area contributed by atoms with Gasteiger partial charge in [0.1, 0.15) is 11.6 Å². The molecule has 2 atom stereocenters. The first kappa shape index (κ1) is 31.4. The lowest BCUT2D eigenvalue weighted by molar-refractivity contribution is 0.190. The number of ether oxygens (including phenoxy) is 1. The molecule has 3 aliphatic rings. The van der Waals surface area contributed by atoms with Crippen LogP contribution in [0.4, 0.5) is 16.3 Å². The summed E-state index contributed by atoms with van der Waals surface area (Å²) in [5, 5.41) is 10.8. The number of nitrogens with one attached hydrogen (secondary N) is 2. The lowest BCUT2D eigenvalue weighted by Crippen LogP contribution is -2.46. The number of sulfonamides is 1. The molecular formula is C37H43N5O4S. The molecule has 2 bridgehead atoms. The molecule has 0 aliphatic carbocycles. The first-order valence-electron chi connectivity index (χ1n) is 16.6. The third kappa shape index (κ3) is 6.41. The van der Waals surface area contributed by atoms with Gasteiger partial charge < -0.3 is 10.1 Å². The monoisotopic (exact) mass is 653 g/mol. The average molecular weight is 654 g/mol. The Morgan fingerprint density at radius 3 is 2.43 bits per heavy atom. The second kappa shape index (κ2) is 12.1. The molecule has 2 fully saturated rings. The molecule has 2 amide bonds. The minimum Gasteiger partial charge on any atom is -0.493 e. The number of fused-ring (bicyclic) bond motifs is 3. The van der Waals surface area contributed by atoms with Crippen molar-refractivity contribution < 1.29 is 17.9 Å². The number of piperidine rings is 1. The van der Waals surface area contributed by atoms with E-state index in [1.807, 2.05) is 55.5 Å². The van der Waals surface area contributed by atoms with Crippen LogP contribution in [0.25, 0.3) is 5.69 Å². The van der Waals surface area contributed by atoms with Gasteiger partial charge in [0.25, 0.3) is 0 Å². The first-order chi connectivity index (χ1) is 22.4. The SMILES string of the molecule is Cc1ccc(-n2nc(C(C)(C)C)cc2NC(=O)Nc2cccc(CC3CC4CCC(C3)N4S(=O)(=O)c3ccc4c(c3)CCO4)c2)cc1. The van der Waals surface area contributed by atoms with Gasteiger partial charge in [-0.05, 0) is 98.5 Å². The van der Waals surface area contributed by atoms with Crippen LogP contribution in [0.3, 0.4) is 0 Å². The number of hydrogen-bond donors (Lipinski definition) is 2. The molecule has 2 N–H and O–H groups in total. The number of carbonyl (C=O) groups is 1. The van der Waals surface area contributed by atoms with Crippen molar-refractivity contribution in [3.8, 4) is 11.4 Å². The van der Waals surface area contributed by atoms with Crippen molar-refractivity contribution in [1.29, 1.82) is 0 Å². The predicted octanol–water partition coefficient (Wildman–Crippen LogP) is 7.23. The molecule has 7 rings (SSSR count). The van der Waals surface area contributed by atoms with Crippen LogP contribution in [-0.2, 0) is 28.3 Å². The third-order valence-corrected chi connectivity index (χ3v) is 11.7. The summed E-state index contributed by atoms with van der Waals surface area (Å²) in [4.78, 5) is 13.6. The predicted molar refractivity (Wildman–Crippen MR) is 184 cm³/mol. The molecule has 0 radical (unpaired) electrons. The standard InChI is InChI=1S/C37H43N5O4S/c1-24-8-10-29(11-9-24)41-35(23-34(40-41)37(2,3)4)39-36(43)38-28-7-5-6-25(19-28)18-26-20-30-12-13-31(21-26)42(30)47(44,45)32-14-15-33-27(22-32)16-17-46-33/h5-11,14-15,19,22-23,26,30-31H,12-13,16-18,20-21H2,1-4H3,(H2,38,39,43). The fourth-order valence-corrected chi connectivity index (χ4v) is 9.30. The zero-order chi connectivity index (χ0) is 32.9. The molecule has 4 heterocycles. The van der Waals surface area contributed by atoms with Gasteiger partial charge in [0.15, 0.2) is 0 Å². The quantitative estimate of drug-likeness (QED) is 0.219. The summed E-state index contributed by atoms with van der Waals surface area (Å²) < 4.78 is 36.7. The van der Waals surface area contributed by atoms with Crippen molar-refractivity contribution in [2.75, 3.05) is 17.2 Å². The Bertz CT molecular complexity index is 1900. The van der Waals surface area contributed by atoms with Crippen molar-refractivity contribution in [3.63, 3.8) is 0 Å². The van der Waals surface area contributed by atoms with Gasteiger partial charge in [0.05, 0.1) is 22.9 Å². The van der Waals surface area contributed by atoms with Gasteiger partial charge in [0, 0.05) is 35.7 Å². The van der Waals surface area contributed by atoms with E-state index < -0.39 is 10.0 Å². The van der Waals surface area contributed by atoms with Crippen LogP contribution in [0.1, 0.15) is 68.8 Å². The Balaban J connectivity index is 1.01. The van der Waals surface area contributed by atoms with E-state index in [1.165, 1.54) is 0 Å². The van der Waals surface area contributed by atoms with E-state index in [0.29, 0.717) is 28.9 Å². The molecule has 3 aliphatic heterocycles. The number of carbonyl (C=O) groups excluding carboxylic acids is 1. The Kier molecular flexibility index (Phi) is 8.12. The summed E-state index contributed by atoms with van der Waals surface area (Å²) in [5.41, 5.74) is 5.53. The first-order valence-corrected chi connectivity index (χ1v) is 18.0. The highest BCUT2D eigenvalue weighted by atomic mass is 32.2. The number of aryl methyl sites for hydroxylation is 1. The number of amides is 2. The number of nitrogens with zero attached hydrogens (tertiary/aromatic N) is 3. The van der Waals surface area contributed by atoms with Crippen LogP contribution in [0.15, 0.2) is 77.7 Å². The number of aromatic nitrogens is 2. The maximum atomic E-state index is 13.8. The molecule has 2 unspecified atom stereocenters.